The summed E-state index contributed by atoms with van der Waals surface area (Å²) in [5, 5.41) is 15.9. The SMILES string of the molecule is COc1cc([C@H]2C=C(c3ccccc3Cl)Nc3nnnn32)cc(OC)c1OC. The van der Waals surface area contributed by atoms with Gasteiger partial charge in [-0.25, -0.2) is 0 Å². The van der Waals surface area contributed by atoms with Gasteiger partial charge in [0.25, 0.3) is 0 Å². The van der Waals surface area contributed by atoms with E-state index in [0.717, 1.165) is 16.8 Å². The molecule has 0 amide bonds. The summed E-state index contributed by atoms with van der Waals surface area (Å²) in [5.74, 6) is 2.14. The van der Waals surface area contributed by atoms with Gasteiger partial charge in [0, 0.05) is 16.3 Å². The van der Waals surface area contributed by atoms with Crippen molar-refractivity contribution < 1.29 is 14.2 Å². The lowest BCUT2D eigenvalue weighted by atomic mass is 10.0. The molecule has 0 aliphatic carbocycles. The van der Waals surface area contributed by atoms with Gasteiger partial charge in [0.05, 0.1) is 21.3 Å². The molecule has 8 nitrogen and oxygen atoms in total. The summed E-state index contributed by atoms with van der Waals surface area (Å²) in [4.78, 5) is 0. The number of nitrogens with one attached hydrogen (secondary N) is 1. The summed E-state index contributed by atoms with van der Waals surface area (Å²) < 4.78 is 18.1. The highest BCUT2D eigenvalue weighted by Crippen LogP contribution is 2.42. The Bertz CT molecular complexity index is 1020. The molecule has 0 bridgehead atoms. The summed E-state index contributed by atoms with van der Waals surface area (Å²) in [5.41, 5.74) is 2.54. The number of nitrogens with zero attached hydrogens (tertiary/aromatic N) is 4. The van der Waals surface area contributed by atoms with Crippen LogP contribution in [0.1, 0.15) is 17.2 Å². The van der Waals surface area contributed by atoms with Crippen molar-refractivity contribution in [1.82, 2.24) is 20.2 Å². The van der Waals surface area contributed by atoms with Crippen LogP contribution in [-0.4, -0.2) is 41.5 Å². The summed E-state index contributed by atoms with van der Waals surface area (Å²) in [6.07, 6.45) is 2.01. The Morgan fingerprint density at radius 3 is 2.39 bits per heavy atom. The van der Waals surface area contributed by atoms with E-state index in [-0.39, 0.29) is 6.04 Å². The lowest BCUT2D eigenvalue weighted by Crippen LogP contribution is -2.20. The molecule has 1 aliphatic heterocycles. The molecule has 1 aliphatic rings. The third-order valence-electron chi connectivity index (χ3n) is 4.52. The van der Waals surface area contributed by atoms with Crippen LogP contribution in [-0.2, 0) is 0 Å². The van der Waals surface area contributed by atoms with E-state index in [2.05, 4.69) is 20.8 Å². The highest BCUT2D eigenvalue weighted by Gasteiger charge is 2.27. The second-order valence-corrected chi connectivity index (χ2v) is 6.44. The van der Waals surface area contributed by atoms with Crippen LogP contribution in [0.4, 0.5) is 5.95 Å². The van der Waals surface area contributed by atoms with Crippen LogP contribution in [0, 0.1) is 0 Å². The standard InChI is InChI=1S/C19H18ClN5O3/c1-26-16-8-11(9-17(27-2)18(16)28-3)15-10-14(12-6-4-5-7-13(12)20)21-19-22-23-24-25(15)19/h4-10,15H,1-3H3,(H,21,22,24)/t15-/m1/s1. The van der Waals surface area contributed by atoms with Gasteiger partial charge in [-0.2, -0.15) is 4.68 Å². The Kier molecular flexibility index (Phi) is 4.79. The van der Waals surface area contributed by atoms with Crippen molar-refractivity contribution in [3.63, 3.8) is 0 Å². The van der Waals surface area contributed by atoms with Gasteiger partial charge in [0.2, 0.25) is 11.7 Å². The Morgan fingerprint density at radius 1 is 1.04 bits per heavy atom. The van der Waals surface area contributed by atoms with Crippen molar-refractivity contribution in [2.75, 3.05) is 26.6 Å². The van der Waals surface area contributed by atoms with E-state index in [9.17, 15) is 0 Å². The van der Waals surface area contributed by atoms with Crippen molar-refractivity contribution >= 4 is 23.2 Å². The maximum Gasteiger partial charge on any atom is 0.248 e. The zero-order valence-electron chi connectivity index (χ0n) is 15.5. The molecule has 0 radical (unpaired) electrons. The summed E-state index contributed by atoms with van der Waals surface area (Å²) >= 11 is 6.39. The fourth-order valence-electron chi connectivity index (χ4n) is 3.20. The molecule has 2 heterocycles. The van der Waals surface area contributed by atoms with Gasteiger partial charge in [-0.05, 0) is 40.3 Å². The molecule has 1 aromatic heterocycles. The predicted octanol–water partition coefficient (Wildman–Crippen LogP) is 3.41. The first kappa shape index (κ1) is 18.1. The quantitative estimate of drug-likeness (QED) is 0.703. The number of hydrogen-bond donors (Lipinski definition) is 1. The van der Waals surface area contributed by atoms with Crippen LogP contribution < -0.4 is 19.5 Å². The lowest BCUT2D eigenvalue weighted by Gasteiger charge is -2.25. The minimum absolute atomic E-state index is 0.300. The van der Waals surface area contributed by atoms with Crippen molar-refractivity contribution in [3.05, 3.63) is 58.6 Å². The van der Waals surface area contributed by atoms with Crippen molar-refractivity contribution in [3.8, 4) is 17.2 Å². The van der Waals surface area contributed by atoms with E-state index in [4.69, 9.17) is 25.8 Å². The highest BCUT2D eigenvalue weighted by atomic mass is 35.5. The van der Waals surface area contributed by atoms with Crippen LogP contribution in [0.15, 0.2) is 42.5 Å². The van der Waals surface area contributed by atoms with E-state index < -0.39 is 0 Å². The van der Waals surface area contributed by atoms with Gasteiger partial charge < -0.3 is 19.5 Å². The minimum atomic E-state index is -0.300. The Balaban J connectivity index is 1.87. The van der Waals surface area contributed by atoms with E-state index in [0.29, 0.717) is 28.2 Å². The molecular weight excluding hydrogens is 382 g/mol. The number of benzene rings is 2. The number of fused-ring (bicyclic) bond motifs is 1. The van der Waals surface area contributed by atoms with Gasteiger partial charge in [-0.1, -0.05) is 34.9 Å². The molecule has 4 rings (SSSR count). The van der Waals surface area contributed by atoms with Crippen LogP contribution in [0.2, 0.25) is 5.02 Å². The molecule has 1 N–H and O–H groups in total. The normalized spacial score (nSPS) is 15.3. The van der Waals surface area contributed by atoms with Crippen LogP contribution in [0.5, 0.6) is 17.2 Å². The first-order chi connectivity index (χ1) is 13.7. The summed E-state index contributed by atoms with van der Waals surface area (Å²) in [7, 11) is 4.73. The average molecular weight is 400 g/mol. The van der Waals surface area contributed by atoms with Crippen molar-refractivity contribution in [2.24, 2.45) is 0 Å². The van der Waals surface area contributed by atoms with Gasteiger partial charge in [0.1, 0.15) is 6.04 Å². The monoisotopic (exact) mass is 399 g/mol. The fraction of sp³-hybridized carbons (Fsp3) is 0.211. The Morgan fingerprint density at radius 2 is 1.75 bits per heavy atom. The molecule has 0 unspecified atom stereocenters. The maximum atomic E-state index is 6.39. The molecule has 0 saturated carbocycles. The van der Waals surface area contributed by atoms with Gasteiger partial charge in [-0.15, -0.1) is 0 Å². The molecule has 1 atom stereocenters. The predicted molar refractivity (Wildman–Crippen MR) is 105 cm³/mol. The molecule has 2 aromatic carbocycles. The second kappa shape index (κ2) is 7.40. The van der Waals surface area contributed by atoms with Gasteiger partial charge in [0.15, 0.2) is 11.5 Å². The number of halogens is 1. The number of hydrogen-bond acceptors (Lipinski definition) is 7. The van der Waals surface area contributed by atoms with E-state index in [1.54, 1.807) is 26.0 Å². The Labute approximate surface area is 166 Å². The maximum absolute atomic E-state index is 6.39. The Hall–Kier alpha value is -3.26. The van der Waals surface area contributed by atoms with Crippen LogP contribution >= 0.6 is 11.6 Å². The van der Waals surface area contributed by atoms with E-state index in [1.807, 2.05) is 42.5 Å². The largest absolute Gasteiger partial charge is 0.493 e. The number of methoxy groups -OCH3 is 3. The van der Waals surface area contributed by atoms with Crippen LogP contribution in [0.3, 0.4) is 0 Å². The molecule has 3 aromatic rings. The molecular formula is C19H18ClN5O3. The third-order valence-corrected chi connectivity index (χ3v) is 4.85. The van der Waals surface area contributed by atoms with Gasteiger partial charge >= 0.3 is 0 Å². The van der Waals surface area contributed by atoms with Crippen molar-refractivity contribution in [1.29, 1.82) is 0 Å². The summed E-state index contributed by atoms with van der Waals surface area (Å²) in [6, 6.07) is 11.0. The number of rotatable bonds is 5. The first-order valence-electron chi connectivity index (χ1n) is 8.47. The molecule has 9 heteroatoms. The first-order valence-corrected chi connectivity index (χ1v) is 8.85. The smallest absolute Gasteiger partial charge is 0.248 e. The molecule has 0 fully saturated rings. The summed E-state index contributed by atoms with van der Waals surface area (Å²) in [6.45, 7) is 0. The number of aromatic nitrogens is 4. The molecule has 144 valence electrons. The molecule has 28 heavy (non-hydrogen) atoms. The van der Waals surface area contributed by atoms with Crippen LogP contribution in [0.25, 0.3) is 5.70 Å². The second-order valence-electron chi connectivity index (χ2n) is 6.04. The number of tetrazole rings is 1. The zero-order chi connectivity index (χ0) is 19.7. The van der Waals surface area contributed by atoms with E-state index in [1.165, 1.54) is 0 Å². The highest BCUT2D eigenvalue weighted by molar-refractivity contribution is 6.32. The topological polar surface area (TPSA) is 83.3 Å². The average Bonchev–Trinajstić information content (AvgIpc) is 3.21. The number of anilines is 1. The number of ether oxygens (including phenoxy) is 3. The van der Waals surface area contributed by atoms with Gasteiger partial charge in [-0.3, -0.25) is 0 Å². The lowest BCUT2D eigenvalue weighted by molar-refractivity contribution is 0.323. The van der Waals surface area contributed by atoms with E-state index >= 15 is 0 Å². The van der Waals surface area contributed by atoms with Crippen molar-refractivity contribution in [2.45, 2.75) is 6.04 Å². The molecule has 0 saturated heterocycles. The third kappa shape index (κ3) is 3.01. The fourth-order valence-corrected chi connectivity index (χ4v) is 3.44. The zero-order valence-corrected chi connectivity index (χ0v) is 16.3. The molecule has 0 spiro atoms. The number of allylic oxidation sites excluding steroid dienone is 1. The minimum Gasteiger partial charge on any atom is -0.493 e.